The third-order valence-electron chi connectivity index (χ3n) is 6.42. The molecule has 1 fully saturated rings. The minimum absolute atomic E-state index is 0.0297. The first-order valence-electron chi connectivity index (χ1n) is 11.0. The average molecular weight is 463 g/mol. The highest BCUT2D eigenvalue weighted by Gasteiger charge is 2.30. The number of carbonyl (C=O) groups is 1. The maximum absolute atomic E-state index is 13.1. The van der Waals surface area contributed by atoms with E-state index in [0.29, 0.717) is 43.6 Å². The molecule has 0 heterocycles. The Morgan fingerprint density at radius 1 is 1.00 bits per heavy atom. The Hall–Kier alpha value is -2.41. The number of halogens is 1. The number of sulfone groups is 1. The number of methoxy groups -OCH3 is 2. The van der Waals surface area contributed by atoms with Crippen LogP contribution in [0, 0.1) is 17.7 Å². The van der Waals surface area contributed by atoms with E-state index >= 15 is 0 Å². The van der Waals surface area contributed by atoms with Gasteiger partial charge in [0.2, 0.25) is 0 Å². The van der Waals surface area contributed by atoms with Crippen LogP contribution >= 0.6 is 0 Å². The summed E-state index contributed by atoms with van der Waals surface area (Å²) in [5, 5.41) is 0. The fraction of sp³-hybridized carbons (Fsp3) is 0.480. The number of rotatable bonds is 9. The van der Waals surface area contributed by atoms with E-state index in [1.807, 2.05) is 6.92 Å². The van der Waals surface area contributed by atoms with Gasteiger partial charge < -0.3 is 9.47 Å². The zero-order valence-corrected chi connectivity index (χ0v) is 19.7. The molecular weight excluding hydrogens is 431 g/mol. The van der Waals surface area contributed by atoms with E-state index in [1.54, 1.807) is 24.3 Å². The molecule has 3 rings (SSSR count). The van der Waals surface area contributed by atoms with Crippen molar-refractivity contribution in [1.29, 1.82) is 0 Å². The molecule has 0 aliphatic heterocycles. The van der Waals surface area contributed by atoms with Gasteiger partial charge in [-0.2, -0.15) is 0 Å². The van der Waals surface area contributed by atoms with Gasteiger partial charge in [-0.25, -0.2) is 12.8 Å². The number of benzene rings is 2. The number of Topliss-reactive ketones (excluding diaryl/α,β-unsaturated/α-hetero) is 1. The third-order valence-corrected chi connectivity index (χ3v) is 8.30. The van der Waals surface area contributed by atoms with Gasteiger partial charge in [-0.05, 0) is 67.3 Å². The van der Waals surface area contributed by atoms with Crippen LogP contribution in [0.3, 0.4) is 0 Å². The number of carbonyl (C=O) groups excluding carboxylic acids is 1. The van der Waals surface area contributed by atoms with Crippen LogP contribution in [0.5, 0.6) is 11.5 Å². The quantitative estimate of drug-likeness (QED) is 0.513. The molecule has 0 radical (unpaired) electrons. The highest BCUT2D eigenvalue weighted by atomic mass is 32.2. The molecule has 0 aromatic heterocycles. The lowest BCUT2D eigenvalue weighted by molar-refractivity contribution is -0.124. The van der Waals surface area contributed by atoms with Gasteiger partial charge >= 0.3 is 0 Å². The summed E-state index contributed by atoms with van der Waals surface area (Å²) in [7, 11) is -0.483. The summed E-state index contributed by atoms with van der Waals surface area (Å²) in [6.45, 7) is 1.98. The maximum atomic E-state index is 13.1. The molecule has 1 atom stereocenters. The summed E-state index contributed by atoms with van der Waals surface area (Å²) in [5.74, 6) is 0.904. The van der Waals surface area contributed by atoms with Gasteiger partial charge in [0.05, 0.1) is 24.9 Å². The first kappa shape index (κ1) is 24.2. The molecule has 0 amide bonds. The summed E-state index contributed by atoms with van der Waals surface area (Å²) in [6, 6.07) is 10.9. The fourth-order valence-electron chi connectivity index (χ4n) is 4.45. The summed E-state index contributed by atoms with van der Waals surface area (Å²) in [6.07, 6.45) is 3.27. The molecule has 174 valence electrons. The molecule has 5 nitrogen and oxygen atoms in total. The Balaban J connectivity index is 1.55. The van der Waals surface area contributed by atoms with E-state index in [4.69, 9.17) is 9.47 Å². The lowest BCUT2D eigenvalue weighted by atomic mass is 9.78. The molecule has 1 aliphatic rings. The SMILES string of the molecule is COc1ccc(S(=O)(=O)CC2CCC(C(=O)C[C@H](C)c3ccc(F)cc3)CC2)cc1OC. The summed E-state index contributed by atoms with van der Waals surface area (Å²) < 4.78 is 49.4. The number of hydrogen-bond donors (Lipinski definition) is 0. The number of ether oxygens (including phenoxy) is 2. The zero-order valence-electron chi connectivity index (χ0n) is 18.8. The van der Waals surface area contributed by atoms with Crippen molar-refractivity contribution < 1.29 is 27.1 Å². The Morgan fingerprint density at radius 2 is 1.62 bits per heavy atom. The fourth-order valence-corrected chi connectivity index (χ4v) is 6.15. The van der Waals surface area contributed by atoms with Crippen LogP contribution in [0.25, 0.3) is 0 Å². The largest absolute Gasteiger partial charge is 0.493 e. The molecule has 0 spiro atoms. The van der Waals surface area contributed by atoms with Crippen LogP contribution in [0.2, 0.25) is 0 Å². The number of hydrogen-bond acceptors (Lipinski definition) is 5. The monoisotopic (exact) mass is 462 g/mol. The molecule has 0 unspecified atom stereocenters. The second kappa shape index (κ2) is 10.5. The Morgan fingerprint density at radius 3 is 2.22 bits per heavy atom. The Kier molecular flexibility index (Phi) is 7.93. The highest BCUT2D eigenvalue weighted by molar-refractivity contribution is 7.91. The van der Waals surface area contributed by atoms with Gasteiger partial charge in [0, 0.05) is 18.4 Å². The van der Waals surface area contributed by atoms with E-state index in [0.717, 1.165) is 5.56 Å². The van der Waals surface area contributed by atoms with Crippen molar-refractivity contribution in [3.63, 3.8) is 0 Å². The Bertz CT molecular complexity index is 1020. The highest BCUT2D eigenvalue weighted by Crippen LogP contribution is 2.35. The predicted octanol–water partition coefficient (Wildman–Crippen LogP) is 5.19. The van der Waals surface area contributed by atoms with Crippen LogP contribution in [0.1, 0.15) is 50.5 Å². The van der Waals surface area contributed by atoms with Gasteiger partial charge in [-0.15, -0.1) is 0 Å². The molecule has 2 aromatic carbocycles. The van der Waals surface area contributed by atoms with Crippen LogP contribution in [-0.2, 0) is 14.6 Å². The van der Waals surface area contributed by atoms with E-state index in [2.05, 4.69) is 0 Å². The first-order valence-corrected chi connectivity index (χ1v) is 12.6. The standard InChI is InChI=1S/C25H31FO5S/c1-17(19-8-10-21(26)11-9-19)14-23(27)20-6-4-18(5-7-20)16-32(28,29)22-12-13-24(30-2)25(15-22)31-3/h8-13,15,17-18,20H,4-7,14,16H2,1-3H3/t17-,18?,20?/m0/s1. The minimum Gasteiger partial charge on any atom is -0.493 e. The lowest BCUT2D eigenvalue weighted by Gasteiger charge is -2.28. The summed E-state index contributed by atoms with van der Waals surface area (Å²) in [5.41, 5.74) is 0.953. The smallest absolute Gasteiger partial charge is 0.178 e. The van der Waals surface area contributed by atoms with Crippen LogP contribution in [0.15, 0.2) is 47.4 Å². The normalized spacial score (nSPS) is 19.9. The summed E-state index contributed by atoms with van der Waals surface area (Å²) >= 11 is 0. The maximum Gasteiger partial charge on any atom is 0.178 e. The van der Waals surface area contributed by atoms with Gasteiger partial charge in [0.1, 0.15) is 11.6 Å². The van der Waals surface area contributed by atoms with Gasteiger partial charge in [-0.3, -0.25) is 4.79 Å². The van der Waals surface area contributed by atoms with Crippen LogP contribution < -0.4 is 9.47 Å². The molecule has 7 heteroatoms. The van der Waals surface area contributed by atoms with Crippen molar-refractivity contribution in [2.24, 2.45) is 11.8 Å². The zero-order chi connectivity index (χ0) is 23.3. The van der Waals surface area contributed by atoms with Crippen molar-refractivity contribution >= 4 is 15.6 Å². The van der Waals surface area contributed by atoms with Gasteiger partial charge in [-0.1, -0.05) is 19.1 Å². The molecule has 0 bridgehead atoms. The summed E-state index contributed by atoms with van der Waals surface area (Å²) in [4.78, 5) is 13.0. The molecule has 1 aliphatic carbocycles. The number of ketones is 1. The topological polar surface area (TPSA) is 69.7 Å². The van der Waals surface area contributed by atoms with Crippen molar-refractivity contribution in [3.8, 4) is 11.5 Å². The lowest BCUT2D eigenvalue weighted by Crippen LogP contribution is -2.26. The second-order valence-corrected chi connectivity index (χ2v) is 10.7. The van der Waals surface area contributed by atoms with Crippen molar-refractivity contribution in [2.45, 2.75) is 49.8 Å². The average Bonchev–Trinajstić information content (AvgIpc) is 2.79. The van der Waals surface area contributed by atoms with E-state index in [-0.39, 0.29) is 40.0 Å². The molecule has 32 heavy (non-hydrogen) atoms. The van der Waals surface area contributed by atoms with Gasteiger partial charge in [0.25, 0.3) is 0 Å². The van der Waals surface area contributed by atoms with Crippen molar-refractivity contribution in [2.75, 3.05) is 20.0 Å². The van der Waals surface area contributed by atoms with E-state index in [9.17, 15) is 17.6 Å². The molecule has 1 saturated carbocycles. The van der Waals surface area contributed by atoms with Crippen LogP contribution in [0.4, 0.5) is 4.39 Å². The second-order valence-electron chi connectivity index (χ2n) is 8.64. The minimum atomic E-state index is -3.46. The molecule has 0 N–H and O–H groups in total. The van der Waals surface area contributed by atoms with Crippen molar-refractivity contribution in [3.05, 3.63) is 53.8 Å². The van der Waals surface area contributed by atoms with E-state index < -0.39 is 9.84 Å². The predicted molar refractivity (Wildman–Crippen MR) is 121 cm³/mol. The first-order chi connectivity index (χ1) is 15.2. The van der Waals surface area contributed by atoms with Crippen LogP contribution in [-0.4, -0.2) is 34.2 Å². The molecular formula is C25H31FO5S. The third kappa shape index (κ3) is 5.88. The van der Waals surface area contributed by atoms with Gasteiger partial charge in [0.15, 0.2) is 21.3 Å². The Labute approximate surface area is 189 Å². The van der Waals surface area contributed by atoms with E-state index in [1.165, 1.54) is 32.4 Å². The molecule has 2 aromatic rings. The van der Waals surface area contributed by atoms with Crippen molar-refractivity contribution in [1.82, 2.24) is 0 Å². The molecule has 0 saturated heterocycles.